The normalized spacial score (nSPS) is 31.7. The number of fused-ring (bicyclic) bond motifs is 4. The number of ketones is 1. The summed E-state index contributed by atoms with van der Waals surface area (Å²) in [4.78, 5) is 39.1. The number of cyclic esters (lactones) is 2. The first kappa shape index (κ1) is 48.4. The topological polar surface area (TPSA) is 145 Å². The van der Waals surface area contributed by atoms with E-state index in [2.05, 4.69) is 0 Å². The molecular weight excluding hydrogens is 793 g/mol. The molecule has 2 aromatic rings. The zero-order valence-corrected chi connectivity index (χ0v) is 38.8. The lowest BCUT2D eigenvalue weighted by atomic mass is 9.95. The van der Waals surface area contributed by atoms with Gasteiger partial charge in [-0.3, -0.25) is 4.79 Å². The first-order valence-corrected chi connectivity index (χ1v) is 21.5. The van der Waals surface area contributed by atoms with Gasteiger partial charge in [-0.25, -0.2) is 9.59 Å². The van der Waals surface area contributed by atoms with Gasteiger partial charge in [-0.05, 0) is 110 Å². The minimum atomic E-state index is -0.846. The van der Waals surface area contributed by atoms with Crippen LogP contribution in [0.25, 0.3) is 12.2 Å². The SMILES string of the molecule is COc1c(C)cc(C)c2c1/C=C/C[C@@H]1OC(C)(C)O[C@@H]1C(=O)/C=C\[C@@H](C)[C@H](C)OC2=O.COc1c(C)cc(C)c2c1/C=C/C[C@@H]1OC(C)(C)O[C@@H]1C(O)/C=C\[C@@H](C)[C@H](C)OC2=O. The van der Waals surface area contributed by atoms with E-state index < -0.39 is 48.1 Å². The minimum absolute atomic E-state index is 0.0954. The fraction of sp³-hybridized carbons (Fsp3) is 0.540. The summed E-state index contributed by atoms with van der Waals surface area (Å²) < 4.78 is 46.7. The maximum atomic E-state index is 13.1. The van der Waals surface area contributed by atoms with E-state index in [1.807, 2.05) is 112 Å². The number of aryl methyl sites for hydroxylation is 4. The molecule has 2 fully saturated rings. The third kappa shape index (κ3) is 11.1. The Balaban J connectivity index is 0.000000234. The highest BCUT2D eigenvalue weighted by molar-refractivity contribution is 5.98. The molecule has 1 unspecified atom stereocenters. The van der Waals surface area contributed by atoms with Gasteiger partial charge in [0.25, 0.3) is 0 Å². The van der Waals surface area contributed by atoms with Crippen LogP contribution in [0.1, 0.15) is 122 Å². The first-order chi connectivity index (χ1) is 29.1. The van der Waals surface area contributed by atoms with Crippen LogP contribution in [0.5, 0.6) is 11.5 Å². The van der Waals surface area contributed by atoms with Crippen LogP contribution in [0, 0.1) is 39.5 Å². The van der Waals surface area contributed by atoms with Crippen molar-refractivity contribution >= 4 is 29.9 Å². The van der Waals surface area contributed by atoms with Gasteiger partial charge in [0.15, 0.2) is 17.4 Å². The maximum Gasteiger partial charge on any atom is 0.339 e. The molecule has 62 heavy (non-hydrogen) atoms. The van der Waals surface area contributed by atoms with Crippen LogP contribution in [0.15, 0.2) is 48.6 Å². The van der Waals surface area contributed by atoms with Crippen molar-refractivity contribution in [3.8, 4) is 11.5 Å². The van der Waals surface area contributed by atoms with Crippen LogP contribution in [-0.4, -0.2) is 91.3 Å². The Labute approximate surface area is 367 Å². The van der Waals surface area contributed by atoms with E-state index in [1.54, 1.807) is 40.2 Å². The molecular formula is C50H66O12. The number of benzene rings is 2. The monoisotopic (exact) mass is 858 g/mol. The second-order valence-electron chi connectivity index (χ2n) is 17.7. The van der Waals surface area contributed by atoms with Gasteiger partial charge in [0.1, 0.15) is 42.0 Å². The third-order valence-electron chi connectivity index (χ3n) is 11.8. The van der Waals surface area contributed by atoms with E-state index in [1.165, 1.54) is 6.08 Å². The predicted molar refractivity (Wildman–Crippen MR) is 237 cm³/mol. The molecule has 0 aromatic heterocycles. The fourth-order valence-corrected chi connectivity index (χ4v) is 8.35. The zero-order valence-electron chi connectivity index (χ0n) is 38.8. The summed E-state index contributed by atoms with van der Waals surface area (Å²) in [5, 5.41) is 10.7. The fourth-order valence-electron chi connectivity index (χ4n) is 8.35. The summed E-state index contributed by atoms with van der Waals surface area (Å²) in [6.07, 6.45) is 11.8. The van der Waals surface area contributed by atoms with Crippen LogP contribution in [0.4, 0.5) is 0 Å². The van der Waals surface area contributed by atoms with Crippen LogP contribution >= 0.6 is 0 Å². The number of ether oxygens (including phenoxy) is 8. The molecule has 2 aromatic carbocycles. The number of hydrogen-bond acceptors (Lipinski definition) is 12. The molecule has 338 valence electrons. The average molecular weight is 859 g/mol. The van der Waals surface area contributed by atoms with Crippen LogP contribution in [0.2, 0.25) is 0 Å². The molecule has 0 aliphatic carbocycles. The van der Waals surface area contributed by atoms with Gasteiger partial charge in [-0.2, -0.15) is 0 Å². The lowest BCUT2D eigenvalue weighted by Crippen LogP contribution is -2.34. The van der Waals surface area contributed by atoms with Crippen molar-refractivity contribution in [3.05, 3.63) is 93.1 Å². The van der Waals surface area contributed by atoms with Gasteiger partial charge in [0, 0.05) is 23.0 Å². The van der Waals surface area contributed by atoms with Crippen LogP contribution in [-0.2, 0) is 33.2 Å². The molecule has 12 nitrogen and oxygen atoms in total. The van der Waals surface area contributed by atoms with Crippen molar-refractivity contribution in [3.63, 3.8) is 0 Å². The molecule has 2 saturated heterocycles. The van der Waals surface area contributed by atoms with E-state index in [-0.39, 0.29) is 35.8 Å². The molecule has 1 N–H and O–H groups in total. The Hall–Kier alpha value is -4.59. The van der Waals surface area contributed by atoms with Crippen LogP contribution in [0.3, 0.4) is 0 Å². The van der Waals surface area contributed by atoms with Crippen molar-refractivity contribution in [1.82, 2.24) is 0 Å². The van der Waals surface area contributed by atoms with E-state index >= 15 is 0 Å². The molecule has 0 amide bonds. The van der Waals surface area contributed by atoms with E-state index in [4.69, 9.17) is 37.9 Å². The van der Waals surface area contributed by atoms with Gasteiger partial charge in [0.2, 0.25) is 0 Å². The number of aliphatic hydroxyl groups excluding tert-OH is 1. The summed E-state index contributed by atoms with van der Waals surface area (Å²) in [5.74, 6) is -1.57. The molecule has 0 radical (unpaired) electrons. The molecule has 4 aliphatic rings. The highest BCUT2D eigenvalue weighted by Gasteiger charge is 2.45. The minimum Gasteiger partial charge on any atom is -0.496 e. The smallest absolute Gasteiger partial charge is 0.339 e. The molecule has 0 spiro atoms. The second kappa shape index (κ2) is 19.8. The molecule has 0 saturated carbocycles. The van der Waals surface area contributed by atoms with Crippen molar-refractivity contribution in [2.75, 3.05) is 14.2 Å². The summed E-state index contributed by atoms with van der Waals surface area (Å²) in [6.45, 7) is 22.5. The predicted octanol–water partition coefficient (Wildman–Crippen LogP) is 8.90. The zero-order chi connectivity index (χ0) is 45.8. The van der Waals surface area contributed by atoms with Gasteiger partial charge < -0.3 is 43.0 Å². The van der Waals surface area contributed by atoms with Crippen molar-refractivity contribution in [2.45, 2.75) is 150 Å². The van der Waals surface area contributed by atoms with E-state index in [9.17, 15) is 19.5 Å². The Morgan fingerprint density at radius 2 is 1.05 bits per heavy atom. The number of esters is 2. The summed E-state index contributed by atoms with van der Waals surface area (Å²) in [6, 6.07) is 3.86. The Morgan fingerprint density at radius 3 is 1.55 bits per heavy atom. The van der Waals surface area contributed by atoms with Gasteiger partial charge in [0.05, 0.1) is 37.6 Å². The molecule has 9 atom stereocenters. The highest BCUT2D eigenvalue weighted by Crippen LogP contribution is 2.37. The molecule has 4 heterocycles. The van der Waals surface area contributed by atoms with Gasteiger partial charge in [-0.1, -0.05) is 68.5 Å². The molecule has 12 heteroatoms. The van der Waals surface area contributed by atoms with Gasteiger partial charge >= 0.3 is 11.9 Å². The van der Waals surface area contributed by atoms with Crippen LogP contribution < -0.4 is 9.47 Å². The maximum absolute atomic E-state index is 13.1. The van der Waals surface area contributed by atoms with E-state index in [0.29, 0.717) is 46.6 Å². The number of carbonyl (C=O) groups excluding carboxylic acids is 3. The van der Waals surface area contributed by atoms with E-state index in [0.717, 1.165) is 22.3 Å². The number of aliphatic hydroxyl groups is 1. The Bertz CT molecular complexity index is 2110. The average Bonchev–Trinajstić information content (AvgIpc) is 3.68. The van der Waals surface area contributed by atoms with Crippen molar-refractivity contribution in [1.29, 1.82) is 0 Å². The number of methoxy groups -OCH3 is 2. The highest BCUT2D eigenvalue weighted by atomic mass is 16.8. The van der Waals surface area contributed by atoms with Gasteiger partial charge in [-0.15, -0.1) is 0 Å². The quantitative estimate of drug-likeness (QED) is 0.227. The number of rotatable bonds is 2. The molecule has 6 rings (SSSR count). The first-order valence-electron chi connectivity index (χ1n) is 21.5. The Kier molecular flexibility index (Phi) is 15.5. The van der Waals surface area contributed by atoms with Crippen molar-refractivity contribution < 1.29 is 57.4 Å². The standard InChI is InChI=1S/C25H34O6.C25H32O6/c2*1-14-11-12-19(26)23-20(30-25(5,6)31-23)10-8-9-18-21(24(27)29-17(14)4)15(2)13-16(3)22(18)28-7/h8-9,11-14,17,19-20,23,26H,10H2,1-7H3;8-9,11-14,17,20,23H,10H2,1-7H3/b2*9-8+,12-11-/t14-,17+,19?,20+,23-;14-,17+,20+,23-/m11/s1. The molecule has 0 bridgehead atoms. The number of carbonyl (C=O) groups is 3. The lowest BCUT2D eigenvalue weighted by molar-refractivity contribution is -0.152. The lowest BCUT2D eigenvalue weighted by Gasteiger charge is -2.23. The summed E-state index contributed by atoms with van der Waals surface area (Å²) in [7, 11) is 3.18. The number of hydrogen-bond donors (Lipinski definition) is 1. The molecule has 4 aliphatic heterocycles. The second-order valence-corrected chi connectivity index (χ2v) is 17.7. The largest absolute Gasteiger partial charge is 0.496 e. The summed E-state index contributed by atoms with van der Waals surface area (Å²) in [5.41, 5.74) is 5.86. The Morgan fingerprint density at radius 1 is 0.597 bits per heavy atom. The third-order valence-corrected chi connectivity index (χ3v) is 11.8. The summed E-state index contributed by atoms with van der Waals surface area (Å²) >= 11 is 0. The van der Waals surface area contributed by atoms with Crippen molar-refractivity contribution in [2.24, 2.45) is 11.8 Å².